The van der Waals surface area contributed by atoms with Crippen molar-refractivity contribution in [3.05, 3.63) is 54.6 Å². The molecule has 10 heteroatoms. The van der Waals surface area contributed by atoms with Crippen LogP contribution in [0.25, 0.3) is 0 Å². The molecule has 0 heterocycles. The summed E-state index contributed by atoms with van der Waals surface area (Å²) >= 11 is 0. The Bertz CT molecular complexity index is 1160. The van der Waals surface area contributed by atoms with E-state index in [1.54, 1.807) is 63.2 Å². The summed E-state index contributed by atoms with van der Waals surface area (Å²) in [4.78, 5) is 12.8. The predicted molar refractivity (Wildman–Crippen MR) is 130 cm³/mol. The highest BCUT2D eigenvalue weighted by molar-refractivity contribution is 7.92. The molecule has 8 nitrogen and oxygen atoms in total. The Morgan fingerprint density at radius 1 is 0.818 bits per heavy atom. The number of sulfonamides is 2. The van der Waals surface area contributed by atoms with E-state index in [9.17, 15) is 21.6 Å². The molecule has 0 unspecified atom stereocenters. The molecule has 0 atom stereocenters. The van der Waals surface area contributed by atoms with Crippen molar-refractivity contribution in [3.8, 4) is 0 Å². The number of hydrogen-bond donors (Lipinski definition) is 3. The lowest BCUT2D eigenvalue weighted by atomic mass is 9.86. The van der Waals surface area contributed by atoms with Gasteiger partial charge in [-0.2, -0.15) is 0 Å². The maximum atomic E-state index is 12.7. The molecule has 0 aromatic heterocycles. The van der Waals surface area contributed by atoms with Gasteiger partial charge in [0.2, 0.25) is 15.9 Å². The summed E-state index contributed by atoms with van der Waals surface area (Å²) in [5, 5.41) is 2.87. The minimum absolute atomic E-state index is 0.121. The Kier molecular flexibility index (Phi) is 7.50. The molecule has 1 saturated carbocycles. The van der Waals surface area contributed by atoms with Crippen LogP contribution in [0.3, 0.4) is 0 Å². The molecular formula is C23H31N3O5S2. The van der Waals surface area contributed by atoms with Gasteiger partial charge in [0.1, 0.15) is 0 Å². The summed E-state index contributed by atoms with van der Waals surface area (Å²) in [5.74, 6) is -0.318. The third kappa shape index (κ3) is 6.55. The van der Waals surface area contributed by atoms with Gasteiger partial charge in [-0.3, -0.25) is 9.52 Å². The van der Waals surface area contributed by atoms with E-state index >= 15 is 0 Å². The normalized spacial score (nSPS) is 19.6. The Morgan fingerprint density at radius 3 is 1.91 bits per heavy atom. The lowest BCUT2D eigenvalue weighted by Crippen LogP contribution is -2.46. The fraction of sp³-hybridized carbons (Fsp3) is 0.435. The third-order valence-electron chi connectivity index (χ3n) is 5.68. The summed E-state index contributed by atoms with van der Waals surface area (Å²) in [6.07, 6.45) is 2.40. The number of anilines is 2. The molecule has 0 aliphatic heterocycles. The highest BCUT2D eigenvalue weighted by Crippen LogP contribution is 2.28. The number of hydrogen-bond acceptors (Lipinski definition) is 5. The van der Waals surface area contributed by atoms with Crippen molar-refractivity contribution < 1.29 is 21.6 Å². The maximum absolute atomic E-state index is 12.7. The van der Waals surface area contributed by atoms with Crippen LogP contribution in [0.4, 0.5) is 11.4 Å². The zero-order chi connectivity index (χ0) is 24.3. The topological polar surface area (TPSA) is 121 Å². The van der Waals surface area contributed by atoms with Crippen molar-refractivity contribution in [3.63, 3.8) is 0 Å². The predicted octanol–water partition coefficient (Wildman–Crippen LogP) is 3.70. The quantitative estimate of drug-likeness (QED) is 0.543. The van der Waals surface area contributed by atoms with Crippen LogP contribution in [-0.2, 0) is 24.8 Å². The number of amides is 1. The second kappa shape index (κ2) is 9.82. The minimum Gasteiger partial charge on any atom is -0.326 e. The van der Waals surface area contributed by atoms with E-state index in [0.717, 1.165) is 0 Å². The largest absolute Gasteiger partial charge is 0.326 e. The van der Waals surface area contributed by atoms with Crippen LogP contribution in [0.2, 0.25) is 0 Å². The van der Waals surface area contributed by atoms with Crippen molar-refractivity contribution in [1.29, 1.82) is 0 Å². The Balaban J connectivity index is 1.52. The summed E-state index contributed by atoms with van der Waals surface area (Å²) in [6, 6.07) is 14.4. The van der Waals surface area contributed by atoms with E-state index in [1.165, 1.54) is 12.1 Å². The van der Waals surface area contributed by atoms with Gasteiger partial charge in [-0.1, -0.05) is 18.2 Å². The van der Waals surface area contributed by atoms with Crippen LogP contribution in [0.1, 0.15) is 46.5 Å². The molecule has 1 fully saturated rings. The molecule has 3 N–H and O–H groups in total. The number of rotatable bonds is 7. The summed E-state index contributed by atoms with van der Waals surface area (Å²) in [7, 11) is -7.10. The maximum Gasteiger partial charge on any atom is 0.261 e. The molecular weight excluding hydrogens is 462 g/mol. The number of benzene rings is 2. The van der Waals surface area contributed by atoms with Crippen LogP contribution >= 0.6 is 0 Å². The fourth-order valence-electron chi connectivity index (χ4n) is 3.55. The molecule has 33 heavy (non-hydrogen) atoms. The molecule has 180 valence electrons. The monoisotopic (exact) mass is 493 g/mol. The summed E-state index contributed by atoms with van der Waals surface area (Å²) in [6.45, 7) is 4.98. The molecule has 1 amide bonds. The molecule has 0 bridgehead atoms. The number of carbonyl (C=O) groups is 1. The lowest BCUT2D eigenvalue weighted by Gasteiger charge is -2.30. The third-order valence-corrected chi connectivity index (χ3v) is 9.34. The average Bonchev–Trinajstić information content (AvgIpc) is 2.75. The van der Waals surface area contributed by atoms with E-state index < -0.39 is 24.8 Å². The summed E-state index contributed by atoms with van der Waals surface area (Å²) < 4.78 is 53.9. The van der Waals surface area contributed by atoms with Gasteiger partial charge >= 0.3 is 0 Å². The van der Waals surface area contributed by atoms with Crippen LogP contribution in [-0.4, -0.2) is 33.5 Å². The van der Waals surface area contributed by atoms with E-state index in [0.29, 0.717) is 37.1 Å². The van der Waals surface area contributed by atoms with Crippen LogP contribution in [0.5, 0.6) is 0 Å². The highest BCUT2D eigenvalue weighted by Gasteiger charge is 2.34. The van der Waals surface area contributed by atoms with Crippen molar-refractivity contribution >= 4 is 37.3 Å². The van der Waals surface area contributed by atoms with E-state index in [2.05, 4.69) is 14.8 Å². The lowest BCUT2D eigenvalue weighted by molar-refractivity contribution is -0.120. The first-order valence-corrected chi connectivity index (χ1v) is 13.8. The molecule has 0 radical (unpaired) electrons. The molecule has 0 spiro atoms. The molecule has 0 saturated heterocycles. The van der Waals surface area contributed by atoms with Crippen LogP contribution in [0, 0.1) is 5.92 Å². The average molecular weight is 494 g/mol. The van der Waals surface area contributed by atoms with E-state index in [1.807, 2.05) is 0 Å². The zero-order valence-electron chi connectivity index (χ0n) is 19.0. The Labute approximate surface area is 196 Å². The van der Waals surface area contributed by atoms with Crippen molar-refractivity contribution in [2.24, 2.45) is 5.92 Å². The summed E-state index contributed by atoms with van der Waals surface area (Å²) in [5.41, 5.74) is 0.960. The van der Waals surface area contributed by atoms with Crippen molar-refractivity contribution in [1.82, 2.24) is 4.72 Å². The Morgan fingerprint density at radius 2 is 1.36 bits per heavy atom. The zero-order valence-corrected chi connectivity index (χ0v) is 20.7. The fourth-order valence-corrected chi connectivity index (χ4v) is 5.66. The molecule has 3 rings (SSSR count). The first-order chi connectivity index (χ1) is 15.4. The van der Waals surface area contributed by atoms with Gasteiger partial charge in [0.25, 0.3) is 10.0 Å². The van der Waals surface area contributed by atoms with E-state index in [4.69, 9.17) is 0 Å². The first-order valence-electron chi connectivity index (χ1n) is 10.9. The molecule has 1 aliphatic carbocycles. The Hall–Kier alpha value is -2.43. The minimum atomic E-state index is -3.68. The number of nitrogens with one attached hydrogen (secondary N) is 3. The van der Waals surface area contributed by atoms with Crippen molar-refractivity contribution in [2.75, 3.05) is 10.0 Å². The van der Waals surface area contributed by atoms with Crippen LogP contribution in [0.15, 0.2) is 59.5 Å². The van der Waals surface area contributed by atoms with Gasteiger partial charge in [0.15, 0.2) is 0 Å². The smallest absolute Gasteiger partial charge is 0.261 e. The second-order valence-electron chi connectivity index (χ2n) is 9.27. The van der Waals surface area contributed by atoms with Crippen molar-refractivity contribution in [2.45, 2.75) is 62.1 Å². The highest BCUT2D eigenvalue weighted by atomic mass is 32.2. The van der Waals surface area contributed by atoms with Gasteiger partial charge in [-0.25, -0.2) is 21.6 Å². The van der Waals surface area contributed by atoms with Gasteiger partial charge in [-0.15, -0.1) is 0 Å². The molecule has 2 aromatic carbocycles. The van der Waals surface area contributed by atoms with Gasteiger partial charge in [0, 0.05) is 23.3 Å². The SMILES string of the molecule is CC(C)(C)S(=O)(=O)N[C@H]1CC[C@H](C(=O)Nc2ccc(NS(=O)(=O)c3ccccc3)cc2)CC1. The standard InChI is InChI=1S/C23H31N3O5S2/c1-23(2,3)33(30,31)26-20-11-9-17(10-12-20)22(27)24-18-13-15-19(16-14-18)25-32(28,29)21-7-5-4-6-8-21/h4-8,13-17,20,25-26H,9-12H2,1-3H3,(H,24,27)/t17-,20-. The first kappa shape index (κ1) is 25.2. The van der Waals surface area contributed by atoms with E-state index in [-0.39, 0.29) is 22.8 Å². The van der Waals surface area contributed by atoms with Gasteiger partial charge in [-0.05, 0) is 82.9 Å². The number of carbonyl (C=O) groups excluding carboxylic acids is 1. The van der Waals surface area contributed by atoms with Gasteiger partial charge in [0.05, 0.1) is 9.64 Å². The van der Waals surface area contributed by atoms with Gasteiger partial charge < -0.3 is 5.32 Å². The second-order valence-corrected chi connectivity index (χ2v) is 13.4. The molecule has 2 aromatic rings. The van der Waals surface area contributed by atoms with Crippen LogP contribution < -0.4 is 14.8 Å². The molecule has 1 aliphatic rings.